The second-order valence-corrected chi connectivity index (χ2v) is 17.0. The van der Waals surface area contributed by atoms with Gasteiger partial charge in [0, 0.05) is 13.1 Å². The van der Waals surface area contributed by atoms with Crippen LogP contribution in [-0.4, -0.2) is 90.4 Å². The van der Waals surface area contributed by atoms with Gasteiger partial charge in [-0.15, -0.1) is 23.2 Å². The smallest absolute Gasteiger partial charge is 0.336 e. The Morgan fingerprint density at radius 2 is 0.917 bits per heavy atom. The molecule has 0 saturated carbocycles. The lowest BCUT2D eigenvalue weighted by Gasteiger charge is -2.18. The van der Waals surface area contributed by atoms with E-state index < -0.39 is 35.8 Å². The van der Waals surface area contributed by atoms with Gasteiger partial charge in [0.15, 0.2) is 0 Å². The van der Waals surface area contributed by atoms with Crippen LogP contribution in [-0.2, 0) is 0 Å². The number of amidine groups is 2. The molecule has 0 fully saturated rings. The number of aromatic amines is 2. The molecule has 2 amide bonds. The van der Waals surface area contributed by atoms with Crippen LogP contribution in [0.2, 0.25) is 0 Å². The van der Waals surface area contributed by atoms with E-state index in [1.54, 1.807) is 24.3 Å². The number of aromatic nitrogens is 4. The second kappa shape index (κ2) is 25.0. The number of carbonyl (C=O) groups excluding carboxylic acids is 2. The second-order valence-electron chi connectivity index (χ2n) is 16.5. The molecule has 6 aromatic carbocycles. The van der Waals surface area contributed by atoms with E-state index in [1.165, 1.54) is 12.1 Å². The first-order valence-corrected chi connectivity index (χ1v) is 24.0. The van der Waals surface area contributed by atoms with Gasteiger partial charge in [-0.25, -0.2) is 19.6 Å². The van der Waals surface area contributed by atoms with E-state index >= 15 is 0 Å². The topological polar surface area (TPSA) is 267 Å². The molecule has 0 unspecified atom stereocenters. The summed E-state index contributed by atoms with van der Waals surface area (Å²) in [5, 5.41) is 25.5. The number of H-pyrrole nitrogens is 2. The number of nitrogens with zero attached hydrogens (tertiary/aromatic N) is 4. The summed E-state index contributed by atoms with van der Waals surface area (Å²) in [6, 6.07) is 42.6. The summed E-state index contributed by atoms with van der Waals surface area (Å²) in [5.74, 6) is -1.18. The summed E-state index contributed by atoms with van der Waals surface area (Å²) in [5.41, 5.74) is 17.8. The van der Waals surface area contributed by atoms with Crippen molar-refractivity contribution in [1.82, 2.24) is 30.6 Å². The molecule has 2 atom stereocenters. The molecule has 0 aliphatic heterocycles. The van der Waals surface area contributed by atoms with E-state index in [0.29, 0.717) is 67.7 Å². The predicted octanol–water partition coefficient (Wildman–Crippen LogP) is 9.55. The Morgan fingerprint density at radius 3 is 1.35 bits per heavy atom. The highest BCUT2D eigenvalue weighted by Crippen LogP contribution is 2.27. The number of hydrogen-bond acceptors (Lipinski definition) is 8. The minimum atomic E-state index is -1.18. The summed E-state index contributed by atoms with van der Waals surface area (Å²) >= 11 is 11.4. The zero-order valence-electron chi connectivity index (χ0n) is 38.9. The maximum atomic E-state index is 13.5. The van der Waals surface area contributed by atoms with Gasteiger partial charge in [0.05, 0.1) is 68.2 Å². The normalized spacial score (nSPS) is 12.4. The monoisotopic (exact) mass is 1010 g/mol. The Kier molecular flexibility index (Phi) is 17.9. The molecule has 2 heterocycles. The SMILES string of the molecule is NC(CCl)=NCCC[C@H](NC(=O)c1cc(-c2ccccc2)ccc1C(=O)O)c1nc2ccccc2[nH]1.NC(CCl)=NCCC[C@H](NC(=O)c1ccc(-c2ccccc2)cc1C(=O)O)c1nc2ccccc2[nH]1. The molecule has 0 aliphatic carbocycles. The molecule has 0 radical (unpaired) electrons. The van der Waals surface area contributed by atoms with Crippen LogP contribution in [0.25, 0.3) is 44.3 Å². The first-order chi connectivity index (χ1) is 34.9. The first kappa shape index (κ1) is 51.5. The lowest BCUT2D eigenvalue weighted by atomic mass is 9.98. The maximum absolute atomic E-state index is 13.5. The molecule has 8 rings (SSSR count). The molecule has 18 heteroatoms. The number of nitrogens with two attached hydrogens (primary N) is 2. The fourth-order valence-electron chi connectivity index (χ4n) is 7.88. The van der Waals surface area contributed by atoms with Crippen molar-refractivity contribution < 1.29 is 29.4 Å². The molecule has 16 nitrogen and oxygen atoms in total. The van der Waals surface area contributed by atoms with Gasteiger partial charge >= 0.3 is 11.9 Å². The van der Waals surface area contributed by atoms with E-state index in [2.05, 4.69) is 40.6 Å². The quantitative estimate of drug-likeness (QED) is 0.0155. The van der Waals surface area contributed by atoms with Crippen molar-refractivity contribution in [3.63, 3.8) is 0 Å². The fraction of sp³-hybridized carbons (Fsp3) is 0.185. The number of imidazole rings is 2. The molecular weight excluding hydrogens is 956 g/mol. The number of hydrogen-bond donors (Lipinski definition) is 8. The van der Waals surface area contributed by atoms with Gasteiger partial charge in [0.2, 0.25) is 0 Å². The Balaban J connectivity index is 0.000000211. The molecule has 8 aromatic rings. The summed E-state index contributed by atoms with van der Waals surface area (Å²) in [6.07, 6.45) is 2.23. The Bertz CT molecular complexity index is 3170. The minimum absolute atomic E-state index is 0.0725. The number of carbonyl (C=O) groups is 4. The van der Waals surface area contributed by atoms with Gasteiger partial charge < -0.3 is 42.3 Å². The maximum Gasteiger partial charge on any atom is 0.336 e. The summed E-state index contributed by atoms with van der Waals surface area (Å²) in [6.45, 7) is 0.881. The van der Waals surface area contributed by atoms with Crippen molar-refractivity contribution in [3.8, 4) is 22.3 Å². The van der Waals surface area contributed by atoms with E-state index in [-0.39, 0.29) is 34.0 Å². The van der Waals surface area contributed by atoms with Gasteiger partial charge in [-0.1, -0.05) is 97.1 Å². The van der Waals surface area contributed by atoms with Crippen molar-refractivity contribution in [3.05, 3.63) is 179 Å². The predicted molar refractivity (Wildman–Crippen MR) is 283 cm³/mol. The third-order valence-corrected chi connectivity index (χ3v) is 12.0. The molecule has 10 N–H and O–H groups in total. The van der Waals surface area contributed by atoms with Gasteiger partial charge in [-0.3, -0.25) is 19.6 Å². The summed E-state index contributed by atoms with van der Waals surface area (Å²) in [7, 11) is 0. The number of carboxylic acid groups (broad SMARTS) is 2. The lowest BCUT2D eigenvalue weighted by molar-refractivity contribution is 0.0682. The third kappa shape index (κ3) is 13.5. The minimum Gasteiger partial charge on any atom is -0.478 e. The van der Waals surface area contributed by atoms with Crippen molar-refractivity contribution in [2.75, 3.05) is 24.8 Å². The average Bonchev–Trinajstić information content (AvgIpc) is 4.06. The van der Waals surface area contributed by atoms with Gasteiger partial charge in [0.1, 0.15) is 23.3 Å². The number of rotatable bonds is 20. The number of aliphatic imine (C=N–C) groups is 2. The highest BCUT2D eigenvalue weighted by atomic mass is 35.5. The van der Waals surface area contributed by atoms with Crippen molar-refractivity contribution >= 4 is 80.7 Å². The van der Waals surface area contributed by atoms with Gasteiger partial charge in [-0.2, -0.15) is 0 Å². The highest BCUT2D eigenvalue weighted by molar-refractivity contribution is 6.28. The summed E-state index contributed by atoms with van der Waals surface area (Å²) in [4.78, 5) is 75.0. The standard InChI is InChI=1S/2C27H26ClN5O3/c28-16-24(29)30-14-6-11-23(25-31-21-9-4-5-10-22(21)32-25)33-26(34)20-15-18(12-13-19(20)27(35)36)17-7-2-1-3-8-17;28-16-24(29)30-14-6-11-23(25-31-21-9-4-5-10-22(21)32-25)33-26(34)19-13-12-18(15-20(19)27(35)36)17-7-2-1-3-8-17/h2*1-5,7-10,12-13,15,23H,6,11,14,16H2,(H2,29,30)(H,31,32)(H,33,34)(H,35,36)/t2*23-/m00/s1. The number of benzene rings is 6. The molecule has 368 valence electrons. The van der Waals surface area contributed by atoms with Crippen LogP contribution in [0, 0.1) is 0 Å². The number of alkyl halides is 2. The number of para-hydroxylation sites is 4. The molecule has 72 heavy (non-hydrogen) atoms. The molecule has 0 aliphatic rings. The average molecular weight is 1010 g/mol. The van der Waals surface area contributed by atoms with Crippen molar-refractivity contribution in [1.29, 1.82) is 0 Å². The zero-order valence-corrected chi connectivity index (χ0v) is 40.4. The van der Waals surface area contributed by atoms with Crippen LogP contribution >= 0.6 is 23.2 Å². The van der Waals surface area contributed by atoms with Crippen molar-refractivity contribution in [2.45, 2.75) is 37.8 Å². The summed E-state index contributed by atoms with van der Waals surface area (Å²) < 4.78 is 0. The van der Waals surface area contributed by atoms with Crippen LogP contribution in [0.1, 0.15) is 90.8 Å². The number of amides is 2. The van der Waals surface area contributed by atoms with Crippen LogP contribution < -0.4 is 22.1 Å². The zero-order chi connectivity index (χ0) is 51.0. The first-order valence-electron chi connectivity index (χ1n) is 23.0. The van der Waals surface area contributed by atoms with Crippen LogP contribution in [0.3, 0.4) is 0 Å². The van der Waals surface area contributed by atoms with E-state index in [0.717, 1.165) is 38.8 Å². The number of nitrogens with one attached hydrogen (secondary N) is 4. The van der Waals surface area contributed by atoms with Crippen LogP contribution in [0.5, 0.6) is 0 Å². The number of fused-ring (bicyclic) bond motifs is 2. The Morgan fingerprint density at radius 1 is 0.514 bits per heavy atom. The fourth-order valence-corrected chi connectivity index (χ4v) is 8.05. The lowest BCUT2D eigenvalue weighted by Crippen LogP contribution is -2.31. The van der Waals surface area contributed by atoms with E-state index in [9.17, 15) is 29.4 Å². The molecule has 0 bridgehead atoms. The molecule has 2 aromatic heterocycles. The van der Waals surface area contributed by atoms with E-state index in [4.69, 9.17) is 34.7 Å². The Hall–Kier alpha value is -8.34. The van der Waals surface area contributed by atoms with Crippen LogP contribution in [0.15, 0.2) is 156 Å². The largest absolute Gasteiger partial charge is 0.478 e. The molecule has 0 spiro atoms. The Labute approximate surface area is 424 Å². The van der Waals surface area contributed by atoms with Crippen molar-refractivity contribution in [2.24, 2.45) is 21.5 Å². The third-order valence-electron chi connectivity index (χ3n) is 11.5. The van der Waals surface area contributed by atoms with Gasteiger partial charge in [0.25, 0.3) is 11.8 Å². The molecule has 0 saturated heterocycles. The number of halogens is 2. The number of carboxylic acids is 2. The van der Waals surface area contributed by atoms with Crippen LogP contribution in [0.4, 0.5) is 0 Å². The van der Waals surface area contributed by atoms with Gasteiger partial charge in [-0.05, 0) is 96.5 Å². The number of aromatic carboxylic acids is 2. The van der Waals surface area contributed by atoms with E-state index in [1.807, 2.05) is 109 Å². The highest BCUT2D eigenvalue weighted by Gasteiger charge is 2.25. The molecular formula is C54H52Cl2N10O6.